The van der Waals surface area contributed by atoms with Crippen molar-refractivity contribution in [2.75, 3.05) is 13.1 Å². The number of halogens is 7. The number of piperidine rings is 1. The lowest BCUT2D eigenvalue weighted by Crippen LogP contribution is -2.44. The fourth-order valence-electron chi connectivity index (χ4n) is 4.40. The van der Waals surface area contributed by atoms with Crippen LogP contribution in [0, 0.1) is 11.3 Å². The van der Waals surface area contributed by atoms with Crippen LogP contribution in [-0.4, -0.2) is 60.0 Å². The summed E-state index contributed by atoms with van der Waals surface area (Å²) >= 11 is 9.35. The zero-order valence-electron chi connectivity index (χ0n) is 22.7. The van der Waals surface area contributed by atoms with Gasteiger partial charge in [-0.1, -0.05) is 38.4 Å². The maximum atomic E-state index is 13.4. The Morgan fingerprint density at radius 2 is 1.90 bits per heavy atom. The molecule has 8 nitrogen and oxygen atoms in total. The van der Waals surface area contributed by atoms with Crippen LogP contribution in [0.15, 0.2) is 18.2 Å². The second kappa shape index (κ2) is 14.9. The Bertz CT molecular complexity index is 1240. The number of alkyl halides is 5. The first-order chi connectivity index (χ1) is 19.1. The molecule has 1 aliphatic heterocycles. The van der Waals surface area contributed by atoms with E-state index in [0.717, 1.165) is 39.3 Å². The summed E-state index contributed by atoms with van der Waals surface area (Å²) in [5.41, 5.74) is -1.77. The fourth-order valence-corrected chi connectivity index (χ4v) is 5.56. The van der Waals surface area contributed by atoms with Crippen molar-refractivity contribution in [1.82, 2.24) is 19.0 Å². The third-order valence-corrected chi connectivity index (χ3v) is 7.94. The predicted octanol–water partition coefficient (Wildman–Crippen LogP) is 6.43. The zero-order chi connectivity index (χ0) is 31.1. The molecule has 0 aliphatic carbocycles. The average Bonchev–Trinajstić information content (AvgIpc) is 3.19. The number of amides is 1. The summed E-state index contributed by atoms with van der Waals surface area (Å²) in [4.78, 5) is 13.0. The Kier molecular flexibility index (Phi) is 12.7. The van der Waals surface area contributed by atoms with E-state index < -0.39 is 42.1 Å². The van der Waals surface area contributed by atoms with Crippen LogP contribution in [0.1, 0.15) is 56.6 Å². The minimum absolute atomic E-state index is 0.0696. The largest absolute Gasteiger partial charge is 0.434 e. The first kappa shape index (κ1) is 35.1. The van der Waals surface area contributed by atoms with E-state index in [1.165, 1.54) is 16.8 Å². The van der Waals surface area contributed by atoms with Crippen molar-refractivity contribution >= 4 is 45.2 Å². The van der Waals surface area contributed by atoms with Crippen LogP contribution < -0.4 is 10.1 Å². The quantitative estimate of drug-likeness (QED) is 0.241. The van der Waals surface area contributed by atoms with Gasteiger partial charge in [0.25, 0.3) is 5.91 Å². The van der Waals surface area contributed by atoms with Gasteiger partial charge in [-0.05, 0) is 49.8 Å². The van der Waals surface area contributed by atoms with E-state index >= 15 is 0 Å². The van der Waals surface area contributed by atoms with Gasteiger partial charge in [-0.25, -0.2) is 3.93 Å². The lowest BCUT2D eigenvalue weighted by Gasteiger charge is -2.34. The molecule has 2 aromatic rings. The summed E-state index contributed by atoms with van der Waals surface area (Å²) in [5, 5.41) is 7.06. The summed E-state index contributed by atoms with van der Waals surface area (Å²) in [5.74, 6) is -0.345. The molecule has 2 atom stereocenters. The first-order valence-corrected chi connectivity index (χ1v) is 14.3. The molecule has 41 heavy (non-hydrogen) atoms. The van der Waals surface area contributed by atoms with E-state index in [-0.39, 0.29) is 45.9 Å². The van der Waals surface area contributed by atoms with E-state index in [9.17, 15) is 26.7 Å². The Morgan fingerprint density at radius 3 is 2.44 bits per heavy atom. The second-order valence-electron chi connectivity index (χ2n) is 10.3. The lowest BCUT2D eigenvalue weighted by atomic mass is 9.84. The zero-order valence-corrected chi connectivity index (χ0v) is 25.9. The first-order valence-electron chi connectivity index (χ1n) is 12.6. The van der Waals surface area contributed by atoms with Gasteiger partial charge in [0.15, 0.2) is 5.69 Å². The summed E-state index contributed by atoms with van der Waals surface area (Å²) in [6.07, 6.45) is -3.03. The van der Waals surface area contributed by atoms with Crippen molar-refractivity contribution in [3.63, 3.8) is 0 Å². The highest BCUT2D eigenvalue weighted by Crippen LogP contribution is 2.43. The molecule has 1 aliphatic rings. The van der Waals surface area contributed by atoms with E-state index in [2.05, 4.69) is 38.2 Å². The second-order valence-corrected chi connectivity index (χ2v) is 11.7. The number of nitrogens with zero attached hydrogens (tertiary/aromatic N) is 3. The van der Waals surface area contributed by atoms with Crippen molar-refractivity contribution in [2.45, 2.75) is 72.3 Å². The molecule has 230 valence electrons. The molecular formula is C25H31BrClF5N4O4S. The highest BCUT2D eigenvalue weighted by Gasteiger charge is 2.47. The smallest absolute Gasteiger partial charge is 0.394 e. The van der Waals surface area contributed by atoms with Gasteiger partial charge in [-0.3, -0.25) is 9.48 Å². The Balaban J connectivity index is 0.00000187. The molecule has 0 spiro atoms. The molecule has 1 saturated heterocycles. The number of benzene rings is 1. The molecule has 0 radical (unpaired) electrons. The molecule has 1 fully saturated rings. The van der Waals surface area contributed by atoms with Crippen LogP contribution in [-0.2, 0) is 24.5 Å². The molecule has 0 saturated carbocycles. The van der Waals surface area contributed by atoms with Gasteiger partial charge in [0.2, 0.25) is 0 Å². The van der Waals surface area contributed by atoms with Gasteiger partial charge in [0.05, 0.1) is 16.1 Å². The fraction of sp³-hybridized carbons (Fsp3) is 0.600. The number of carbonyl (C=O) groups excluding carboxylic acids is 1. The Hall–Kier alpha value is -2.10. The molecule has 3 rings (SSSR count). The van der Waals surface area contributed by atoms with Crippen LogP contribution in [0.25, 0.3) is 11.3 Å². The molecular weight excluding hydrogens is 663 g/mol. The average molecular weight is 694 g/mol. The number of aryl methyl sites for hydroxylation is 1. The maximum absolute atomic E-state index is 13.4. The SMILES string of the molecule is CCn1nc(C(=O)NC[C@@H]2CC[C@@H](C)CN2Br)c(Cl)c1-c1ccc(CC(C)(C)C(F)(F)F)cc1OC(F)F.O=S=O. The minimum atomic E-state index is -4.50. The number of nitrogens with one attached hydrogen (secondary N) is 1. The van der Waals surface area contributed by atoms with E-state index in [0.29, 0.717) is 12.5 Å². The maximum Gasteiger partial charge on any atom is 0.394 e. The topological polar surface area (TPSA) is 93.5 Å². The molecule has 16 heteroatoms. The van der Waals surface area contributed by atoms with Gasteiger partial charge in [-0.15, -0.1) is 0 Å². The minimum Gasteiger partial charge on any atom is -0.434 e. The van der Waals surface area contributed by atoms with Gasteiger partial charge in [-0.2, -0.15) is 35.5 Å². The number of aromatic nitrogens is 2. The molecule has 1 aromatic heterocycles. The van der Waals surface area contributed by atoms with Crippen molar-refractivity contribution in [1.29, 1.82) is 0 Å². The Morgan fingerprint density at radius 1 is 1.27 bits per heavy atom. The summed E-state index contributed by atoms with van der Waals surface area (Å²) in [6.45, 7) is 4.16. The highest BCUT2D eigenvalue weighted by molar-refractivity contribution is 9.07. The lowest BCUT2D eigenvalue weighted by molar-refractivity contribution is -0.211. The van der Waals surface area contributed by atoms with Crippen LogP contribution >= 0.6 is 27.7 Å². The van der Waals surface area contributed by atoms with Crippen LogP contribution in [0.2, 0.25) is 5.02 Å². The van der Waals surface area contributed by atoms with Crippen LogP contribution in [0.5, 0.6) is 5.75 Å². The van der Waals surface area contributed by atoms with E-state index in [1.807, 2.05) is 3.93 Å². The van der Waals surface area contributed by atoms with E-state index in [4.69, 9.17) is 20.0 Å². The molecule has 1 aromatic carbocycles. The van der Waals surface area contributed by atoms with Crippen molar-refractivity contribution in [3.8, 4) is 17.0 Å². The van der Waals surface area contributed by atoms with Crippen molar-refractivity contribution in [2.24, 2.45) is 11.3 Å². The summed E-state index contributed by atoms with van der Waals surface area (Å²) in [7, 11) is 0. The molecule has 1 amide bonds. The predicted molar refractivity (Wildman–Crippen MR) is 148 cm³/mol. The van der Waals surface area contributed by atoms with Crippen molar-refractivity contribution in [3.05, 3.63) is 34.5 Å². The third-order valence-electron chi connectivity index (χ3n) is 6.71. The molecule has 0 unspecified atom stereocenters. The summed E-state index contributed by atoms with van der Waals surface area (Å²) in [6, 6.07) is 3.99. The van der Waals surface area contributed by atoms with Crippen LogP contribution in [0.3, 0.4) is 0 Å². The number of hydrogen-bond acceptors (Lipinski definition) is 6. The Labute approximate surface area is 251 Å². The monoisotopic (exact) mass is 692 g/mol. The van der Waals surface area contributed by atoms with E-state index in [1.54, 1.807) is 6.92 Å². The number of rotatable bonds is 9. The third kappa shape index (κ3) is 9.19. The van der Waals surface area contributed by atoms with Gasteiger partial charge >= 0.3 is 24.4 Å². The van der Waals surface area contributed by atoms with Crippen LogP contribution in [0.4, 0.5) is 22.0 Å². The number of ether oxygens (including phenoxy) is 1. The standard InChI is InChI=1S/C25H31BrClF5N4O2.O2S/c1-5-36-21(19(27)20(34-36)22(37)33-12-16-8-6-14(2)13-35(16)26)17-9-7-15(10-18(17)38-23(28)29)11-24(3,4)25(30,31)32;1-3-2/h7,9-10,14,16,23H,5-6,8,11-13H2,1-4H3,(H,33,37);/t14-,16+;/m1./s1. The number of hydrogen-bond donors (Lipinski definition) is 1. The molecule has 1 N–H and O–H groups in total. The summed E-state index contributed by atoms with van der Waals surface area (Å²) < 4.78 is 91.4. The molecule has 0 bridgehead atoms. The normalized spacial score (nSPS) is 18.0. The van der Waals surface area contributed by atoms with Gasteiger partial charge in [0.1, 0.15) is 5.75 Å². The van der Waals surface area contributed by atoms with Gasteiger partial charge in [0, 0.05) is 47.4 Å². The number of carbonyl (C=O) groups is 1. The van der Waals surface area contributed by atoms with Gasteiger partial charge < -0.3 is 10.1 Å². The highest BCUT2D eigenvalue weighted by atomic mass is 79.9. The van der Waals surface area contributed by atoms with Crippen molar-refractivity contribution < 1.29 is 39.9 Å². The molecule has 2 heterocycles.